The standard InChI is InChI=1S/C13H14N4O3S2/c1-9-12(10(2)20-15-9)8-17-7-11(6-14-17)16-22(18,19)13-4-3-5-21-13/h3-7,16H,8H2,1-2H3. The van der Waals surface area contributed by atoms with Gasteiger partial charge in [-0.3, -0.25) is 9.40 Å². The van der Waals surface area contributed by atoms with Crippen LogP contribution in [0.25, 0.3) is 0 Å². The van der Waals surface area contributed by atoms with Crippen molar-refractivity contribution < 1.29 is 12.9 Å². The average Bonchev–Trinajstić information content (AvgIpc) is 3.17. The van der Waals surface area contributed by atoms with Crippen molar-refractivity contribution in [1.82, 2.24) is 14.9 Å². The van der Waals surface area contributed by atoms with E-state index in [0.717, 1.165) is 17.0 Å². The Bertz CT molecular complexity index is 859. The Morgan fingerprint density at radius 1 is 1.41 bits per heavy atom. The molecule has 22 heavy (non-hydrogen) atoms. The largest absolute Gasteiger partial charge is 0.361 e. The molecule has 0 fully saturated rings. The zero-order valence-electron chi connectivity index (χ0n) is 12.0. The summed E-state index contributed by atoms with van der Waals surface area (Å²) in [5.41, 5.74) is 2.16. The first kappa shape index (κ1) is 14.8. The lowest BCUT2D eigenvalue weighted by atomic mass is 10.2. The Morgan fingerprint density at radius 3 is 2.86 bits per heavy atom. The quantitative estimate of drug-likeness (QED) is 0.771. The summed E-state index contributed by atoms with van der Waals surface area (Å²) in [4.78, 5) is 0. The summed E-state index contributed by atoms with van der Waals surface area (Å²) < 4.78 is 33.8. The van der Waals surface area contributed by atoms with Gasteiger partial charge in [-0.05, 0) is 25.3 Å². The van der Waals surface area contributed by atoms with Crippen molar-refractivity contribution in [3.8, 4) is 0 Å². The van der Waals surface area contributed by atoms with Crippen molar-refractivity contribution >= 4 is 27.0 Å². The Labute approximate surface area is 131 Å². The summed E-state index contributed by atoms with van der Waals surface area (Å²) in [6.07, 6.45) is 3.11. The van der Waals surface area contributed by atoms with Gasteiger partial charge in [-0.25, -0.2) is 8.42 Å². The lowest BCUT2D eigenvalue weighted by molar-refractivity contribution is 0.391. The van der Waals surface area contributed by atoms with Gasteiger partial charge in [-0.15, -0.1) is 11.3 Å². The van der Waals surface area contributed by atoms with Crippen molar-refractivity contribution in [1.29, 1.82) is 0 Å². The molecule has 3 aromatic rings. The summed E-state index contributed by atoms with van der Waals surface area (Å²) >= 11 is 1.17. The van der Waals surface area contributed by atoms with E-state index in [1.165, 1.54) is 17.5 Å². The minimum Gasteiger partial charge on any atom is -0.361 e. The van der Waals surface area contributed by atoms with Crippen molar-refractivity contribution in [2.24, 2.45) is 0 Å². The van der Waals surface area contributed by atoms with E-state index in [2.05, 4.69) is 15.0 Å². The summed E-state index contributed by atoms with van der Waals surface area (Å²) in [6, 6.07) is 3.25. The van der Waals surface area contributed by atoms with Gasteiger partial charge in [-0.1, -0.05) is 11.2 Å². The molecule has 3 rings (SSSR count). The number of nitrogens with zero attached hydrogens (tertiary/aromatic N) is 3. The van der Waals surface area contributed by atoms with E-state index in [1.54, 1.807) is 28.4 Å². The first-order chi connectivity index (χ1) is 10.5. The zero-order valence-corrected chi connectivity index (χ0v) is 13.6. The first-order valence-electron chi connectivity index (χ1n) is 6.46. The SMILES string of the molecule is Cc1noc(C)c1Cn1cc(NS(=O)(=O)c2cccs2)cn1. The van der Waals surface area contributed by atoms with Crippen LogP contribution in [0.5, 0.6) is 0 Å². The molecule has 1 N–H and O–H groups in total. The van der Waals surface area contributed by atoms with E-state index < -0.39 is 10.0 Å². The maximum absolute atomic E-state index is 12.1. The number of aromatic nitrogens is 3. The molecule has 0 saturated heterocycles. The number of hydrogen-bond acceptors (Lipinski definition) is 6. The fourth-order valence-electron chi connectivity index (χ4n) is 2.01. The number of thiophene rings is 1. The molecular formula is C13H14N4O3S2. The molecule has 0 saturated carbocycles. The fourth-order valence-corrected chi connectivity index (χ4v) is 4.04. The molecule has 116 valence electrons. The van der Waals surface area contributed by atoms with E-state index in [9.17, 15) is 8.42 Å². The van der Waals surface area contributed by atoms with Crippen LogP contribution >= 0.6 is 11.3 Å². The number of nitrogens with one attached hydrogen (secondary N) is 1. The van der Waals surface area contributed by atoms with Gasteiger partial charge in [0.1, 0.15) is 9.97 Å². The minimum atomic E-state index is -3.55. The topological polar surface area (TPSA) is 90.0 Å². The monoisotopic (exact) mass is 338 g/mol. The molecule has 0 aliphatic carbocycles. The van der Waals surface area contributed by atoms with E-state index in [1.807, 2.05) is 13.8 Å². The highest BCUT2D eigenvalue weighted by Gasteiger charge is 2.16. The normalized spacial score (nSPS) is 11.7. The second kappa shape index (κ2) is 5.58. The second-order valence-electron chi connectivity index (χ2n) is 4.77. The van der Waals surface area contributed by atoms with Crippen LogP contribution < -0.4 is 4.72 Å². The molecule has 0 atom stereocenters. The van der Waals surface area contributed by atoms with Crippen molar-refractivity contribution in [3.63, 3.8) is 0 Å². The van der Waals surface area contributed by atoms with E-state index in [4.69, 9.17) is 4.52 Å². The van der Waals surface area contributed by atoms with Crippen molar-refractivity contribution in [2.75, 3.05) is 4.72 Å². The summed E-state index contributed by atoms with van der Waals surface area (Å²) in [6.45, 7) is 4.16. The molecule has 0 radical (unpaired) electrons. The third-order valence-corrected chi connectivity index (χ3v) is 5.93. The number of hydrogen-bond donors (Lipinski definition) is 1. The molecule has 3 aromatic heterocycles. The van der Waals surface area contributed by atoms with Gasteiger partial charge < -0.3 is 4.52 Å². The lowest BCUT2D eigenvalue weighted by Gasteiger charge is -2.03. The molecule has 7 nitrogen and oxygen atoms in total. The molecule has 0 unspecified atom stereocenters. The van der Waals surface area contributed by atoms with Crippen LogP contribution in [0, 0.1) is 13.8 Å². The number of anilines is 1. The van der Waals surface area contributed by atoms with Gasteiger partial charge in [0.2, 0.25) is 0 Å². The van der Waals surface area contributed by atoms with Gasteiger partial charge in [0, 0.05) is 11.8 Å². The van der Waals surface area contributed by atoms with Gasteiger partial charge in [0.15, 0.2) is 0 Å². The summed E-state index contributed by atoms with van der Waals surface area (Å²) in [5, 5.41) is 9.77. The predicted molar refractivity (Wildman–Crippen MR) is 82.4 cm³/mol. The van der Waals surface area contributed by atoms with Crippen LogP contribution in [-0.2, 0) is 16.6 Å². The van der Waals surface area contributed by atoms with Crippen LogP contribution in [0.1, 0.15) is 17.0 Å². The number of rotatable bonds is 5. The highest BCUT2D eigenvalue weighted by molar-refractivity contribution is 7.94. The third kappa shape index (κ3) is 2.90. The molecular weight excluding hydrogens is 324 g/mol. The Morgan fingerprint density at radius 2 is 2.23 bits per heavy atom. The molecule has 0 amide bonds. The fraction of sp³-hybridized carbons (Fsp3) is 0.231. The number of sulfonamides is 1. The Hall–Kier alpha value is -2.13. The van der Waals surface area contributed by atoms with Crippen molar-refractivity contribution in [2.45, 2.75) is 24.6 Å². The maximum atomic E-state index is 12.1. The molecule has 0 spiro atoms. The van der Waals surface area contributed by atoms with E-state index in [-0.39, 0.29) is 4.21 Å². The third-order valence-electron chi connectivity index (χ3n) is 3.15. The van der Waals surface area contributed by atoms with Gasteiger partial charge >= 0.3 is 0 Å². The van der Waals surface area contributed by atoms with Crippen LogP contribution in [0.15, 0.2) is 38.6 Å². The first-order valence-corrected chi connectivity index (χ1v) is 8.82. The molecule has 3 heterocycles. The highest BCUT2D eigenvalue weighted by Crippen LogP contribution is 2.20. The lowest BCUT2D eigenvalue weighted by Crippen LogP contribution is -2.10. The predicted octanol–water partition coefficient (Wildman–Crippen LogP) is 2.40. The second-order valence-corrected chi connectivity index (χ2v) is 7.62. The average molecular weight is 338 g/mol. The molecule has 0 aliphatic heterocycles. The van der Waals surface area contributed by atoms with Gasteiger partial charge in [0.25, 0.3) is 10.0 Å². The Balaban J connectivity index is 1.77. The zero-order chi connectivity index (χ0) is 15.7. The molecule has 0 aliphatic rings. The summed E-state index contributed by atoms with van der Waals surface area (Å²) in [5.74, 6) is 0.730. The van der Waals surface area contributed by atoms with Crippen LogP contribution in [0.4, 0.5) is 5.69 Å². The van der Waals surface area contributed by atoms with Crippen molar-refractivity contribution in [3.05, 3.63) is 46.9 Å². The van der Waals surface area contributed by atoms with Crippen LogP contribution in [-0.4, -0.2) is 23.4 Å². The van der Waals surface area contributed by atoms with Gasteiger partial charge in [-0.2, -0.15) is 5.10 Å². The molecule has 0 bridgehead atoms. The van der Waals surface area contributed by atoms with Crippen LogP contribution in [0.2, 0.25) is 0 Å². The highest BCUT2D eigenvalue weighted by atomic mass is 32.2. The maximum Gasteiger partial charge on any atom is 0.271 e. The molecule has 9 heteroatoms. The molecule has 0 aromatic carbocycles. The van der Waals surface area contributed by atoms with Crippen LogP contribution in [0.3, 0.4) is 0 Å². The minimum absolute atomic E-state index is 0.269. The summed E-state index contributed by atoms with van der Waals surface area (Å²) in [7, 11) is -3.55. The smallest absolute Gasteiger partial charge is 0.271 e. The Kier molecular flexibility index (Phi) is 3.75. The van der Waals surface area contributed by atoms with E-state index >= 15 is 0 Å². The number of aryl methyl sites for hydroxylation is 2. The van der Waals surface area contributed by atoms with E-state index in [0.29, 0.717) is 12.2 Å². The van der Waals surface area contributed by atoms with Gasteiger partial charge in [0.05, 0.1) is 24.1 Å².